The molecular weight excluding hydrogens is 428 g/mol. The summed E-state index contributed by atoms with van der Waals surface area (Å²) in [5.41, 5.74) is 6.53. The summed E-state index contributed by atoms with van der Waals surface area (Å²) in [6.07, 6.45) is 0. The van der Waals surface area contributed by atoms with E-state index in [0.29, 0.717) is 18.7 Å². The first-order valence-corrected chi connectivity index (χ1v) is 11.6. The van der Waals surface area contributed by atoms with Gasteiger partial charge in [-0.15, -0.1) is 0 Å². The van der Waals surface area contributed by atoms with Gasteiger partial charge in [0.05, 0.1) is 10.6 Å². The predicted octanol–water partition coefficient (Wildman–Crippen LogP) is 2.20. The lowest BCUT2D eigenvalue weighted by atomic mass is 9.78. The third-order valence-electron chi connectivity index (χ3n) is 5.89. The van der Waals surface area contributed by atoms with Crippen LogP contribution < -0.4 is 15.6 Å². The SMILES string of the molecule is CCS(=O)(=O)c1ccc(Oc2ccc(F)cc2F)c(C2CN(C)C(=O)C3NNCC32)c1. The van der Waals surface area contributed by atoms with E-state index >= 15 is 0 Å². The van der Waals surface area contributed by atoms with Gasteiger partial charge in [-0.2, -0.15) is 0 Å². The zero-order valence-corrected chi connectivity index (χ0v) is 17.9. The second-order valence-electron chi connectivity index (χ2n) is 7.77. The molecule has 2 aliphatic heterocycles. The van der Waals surface area contributed by atoms with Gasteiger partial charge in [-0.3, -0.25) is 10.2 Å². The molecule has 0 spiro atoms. The van der Waals surface area contributed by atoms with Gasteiger partial charge >= 0.3 is 0 Å². The maximum absolute atomic E-state index is 14.2. The lowest BCUT2D eigenvalue weighted by Gasteiger charge is -2.38. The van der Waals surface area contributed by atoms with E-state index in [1.54, 1.807) is 24.9 Å². The molecule has 4 rings (SSSR count). The van der Waals surface area contributed by atoms with Crippen molar-refractivity contribution >= 4 is 15.7 Å². The van der Waals surface area contributed by atoms with E-state index in [4.69, 9.17) is 4.74 Å². The van der Waals surface area contributed by atoms with Gasteiger partial charge in [-0.25, -0.2) is 22.6 Å². The molecule has 0 aliphatic carbocycles. The summed E-state index contributed by atoms with van der Waals surface area (Å²) >= 11 is 0. The molecule has 0 saturated carbocycles. The van der Waals surface area contributed by atoms with E-state index in [2.05, 4.69) is 10.9 Å². The summed E-state index contributed by atoms with van der Waals surface area (Å²) in [5, 5.41) is 0. The van der Waals surface area contributed by atoms with Crippen molar-refractivity contribution in [1.82, 2.24) is 15.8 Å². The second kappa shape index (κ2) is 8.18. The van der Waals surface area contributed by atoms with Gasteiger partial charge in [0.2, 0.25) is 5.91 Å². The zero-order chi connectivity index (χ0) is 22.3. The number of likely N-dealkylation sites (N-methyl/N-ethyl adjacent to an activating group) is 1. The molecule has 0 aromatic heterocycles. The summed E-state index contributed by atoms with van der Waals surface area (Å²) in [6, 6.07) is 6.97. The van der Waals surface area contributed by atoms with Crippen LogP contribution in [0, 0.1) is 17.6 Å². The number of nitrogens with one attached hydrogen (secondary N) is 2. The lowest BCUT2D eigenvalue weighted by molar-refractivity contribution is -0.136. The number of benzene rings is 2. The van der Waals surface area contributed by atoms with Gasteiger partial charge in [-0.05, 0) is 30.3 Å². The fourth-order valence-corrected chi connectivity index (χ4v) is 5.08. The van der Waals surface area contributed by atoms with Crippen LogP contribution in [0.2, 0.25) is 0 Å². The number of likely N-dealkylation sites (tertiary alicyclic amines) is 1. The van der Waals surface area contributed by atoms with Crippen molar-refractivity contribution < 1.29 is 26.7 Å². The summed E-state index contributed by atoms with van der Waals surface area (Å²) in [7, 11) is -1.82. The quantitative estimate of drug-likeness (QED) is 0.725. The molecule has 166 valence electrons. The van der Waals surface area contributed by atoms with Crippen LogP contribution in [0.15, 0.2) is 41.3 Å². The highest BCUT2D eigenvalue weighted by Gasteiger charge is 2.45. The fraction of sp³-hybridized carbons (Fsp3) is 0.381. The number of hydrogen-bond donors (Lipinski definition) is 2. The number of carbonyl (C=O) groups excluding carboxylic acids is 1. The van der Waals surface area contributed by atoms with Gasteiger partial charge in [0.15, 0.2) is 21.4 Å². The number of nitrogens with zero attached hydrogens (tertiary/aromatic N) is 1. The Morgan fingerprint density at radius 1 is 1.16 bits per heavy atom. The van der Waals surface area contributed by atoms with Crippen LogP contribution in [0.25, 0.3) is 0 Å². The number of ether oxygens (including phenoxy) is 1. The van der Waals surface area contributed by atoms with Crippen LogP contribution in [0.3, 0.4) is 0 Å². The highest BCUT2D eigenvalue weighted by molar-refractivity contribution is 7.91. The number of hydrazine groups is 1. The Bertz CT molecular complexity index is 1130. The van der Waals surface area contributed by atoms with Crippen molar-refractivity contribution in [2.45, 2.75) is 23.8 Å². The Labute approximate surface area is 179 Å². The van der Waals surface area contributed by atoms with Crippen molar-refractivity contribution in [2.75, 3.05) is 25.9 Å². The molecule has 7 nitrogen and oxygen atoms in total. The molecule has 0 bridgehead atoms. The lowest BCUT2D eigenvalue weighted by Crippen LogP contribution is -2.53. The molecule has 0 radical (unpaired) electrons. The summed E-state index contributed by atoms with van der Waals surface area (Å²) in [6.45, 7) is 2.41. The van der Waals surface area contributed by atoms with Crippen molar-refractivity contribution in [3.8, 4) is 11.5 Å². The largest absolute Gasteiger partial charge is 0.454 e. The summed E-state index contributed by atoms with van der Waals surface area (Å²) in [4.78, 5) is 14.2. The van der Waals surface area contributed by atoms with Crippen LogP contribution in [-0.2, 0) is 14.6 Å². The van der Waals surface area contributed by atoms with Gasteiger partial charge in [0.1, 0.15) is 17.6 Å². The molecule has 1 amide bonds. The van der Waals surface area contributed by atoms with Gasteiger partial charge < -0.3 is 9.64 Å². The fourth-order valence-electron chi connectivity index (χ4n) is 4.16. The topological polar surface area (TPSA) is 87.7 Å². The normalized spacial score (nSPS) is 23.7. The first-order valence-electron chi connectivity index (χ1n) is 9.94. The average molecular weight is 451 g/mol. The van der Waals surface area contributed by atoms with Crippen molar-refractivity contribution in [3.63, 3.8) is 0 Å². The molecule has 3 unspecified atom stereocenters. The van der Waals surface area contributed by atoms with Gasteiger partial charge in [0.25, 0.3) is 0 Å². The van der Waals surface area contributed by atoms with Crippen LogP contribution in [0.1, 0.15) is 18.4 Å². The van der Waals surface area contributed by atoms with E-state index in [1.807, 2.05) is 0 Å². The maximum atomic E-state index is 14.2. The summed E-state index contributed by atoms with van der Waals surface area (Å²) in [5.74, 6) is -2.05. The summed E-state index contributed by atoms with van der Waals surface area (Å²) < 4.78 is 58.3. The zero-order valence-electron chi connectivity index (χ0n) is 17.1. The third-order valence-corrected chi connectivity index (χ3v) is 7.62. The Morgan fingerprint density at radius 3 is 2.61 bits per heavy atom. The van der Waals surface area contributed by atoms with Gasteiger partial charge in [-0.1, -0.05) is 6.92 Å². The van der Waals surface area contributed by atoms with Crippen molar-refractivity contribution in [3.05, 3.63) is 53.6 Å². The monoisotopic (exact) mass is 451 g/mol. The van der Waals surface area contributed by atoms with E-state index in [0.717, 1.165) is 12.1 Å². The molecule has 3 atom stereocenters. The third kappa shape index (κ3) is 4.02. The molecule has 2 aromatic carbocycles. The first kappa shape index (κ1) is 21.7. The number of halogens is 2. The second-order valence-corrected chi connectivity index (χ2v) is 10.1. The minimum atomic E-state index is -3.50. The Hall–Kier alpha value is -2.56. The highest BCUT2D eigenvalue weighted by Crippen LogP contribution is 2.41. The standard InChI is InChI=1S/C21H23F2N3O4S/c1-3-31(28,29)13-5-7-18(30-19-6-4-12(22)8-17(19)23)14(9-13)16-11-26(2)21(27)20-15(16)10-24-25-20/h4-9,15-16,20,24-25H,3,10-11H2,1-2H3. The number of fused-ring (bicyclic) bond motifs is 1. The first-order chi connectivity index (χ1) is 14.7. The maximum Gasteiger partial charge on any atom is 0.241 e. The molecule has 2 fully saturated rings. The van der Waals surface area contributed by atoms with E-state index in [1.165, 1.54) is 18.2 Å². The average Bonchev–Trinajstić information content (AvgIpc) is 3.23. The smallest absolute Gasteiger partial charge is 0.241 e. The highest BCUT2D eigenvalue weighted by atomic mass is 32.2. The molecule has 31 heavy (non-hydrogen) atoms. The van der Waals surface area contributed by atoms with Gasteiger partial charge in [0, 0.05) is 43.6 Å². The van der Waals surface area contributed by atoms with E-state index in [-0.39, 0.29) is 39.9 Å². The predicted molar refractivity (Wildman–Crippen MR) is 109 cm³/mol. The van der Waals surface area contributed by atoms with Crippen LogP contribution in [-0.4, -0.2) is 51.2 Å². The molecular formula is C21H23F2N3O4S. The van der Waals surface area contributed by atoms with E-state index in [9.17, 15) is 22.0 Å². The number of rotatable bonds is 5. The number of amides is 1. The number of hydrogen-bond acceptors (Lipinski definition) is 6. The Morgan fingerprint density at radius 2 is 1.90 bits per heavy atom. The Kier molecular flexibility index (Phi) is 5.71. The minimum absolute atomic E-state index is 0.0596. The molecule has 2 heterocycles. The van der Waals surface area contributed by atoms with Crippen LogP contribution in [0.5, 0.6) is 11.5 Å². The molecule has 2 aliphatic rings. The Balaban J connectivity index is 1.81. The van der Waals surface area contributed by atoms with Crippen molar-refractivity contribution in [2.24, 2.45) is 5.92 Å². The van der Waals surface area contributed by atoms with Crippen LogP contribution in [0.4, 0.5) is 8.78 Å². The molecule has 10 heteroatoms. The number of piperidine rings is 1. The number of carbonyl (C=O) groups is 1. The van der Waals surface area contributed by atoms with Crippen molar-refractivity contribution in [1.29, 1.82) is 0 Å². The van der Waals surface area contributed by atoms with Crippen LogP contribution >= 0.6 is 0 Å². The van der Waals surface area contributed by atoms with E-state index < -0.39 is 27.5 Å². The molecule has 2 saturated heterocycles. The number of sulfone groups is 1. The molecule has 2 aromatic rings. The molecule has 2 N–H and O–H groups in total. The minimum Gasteiger partial charge on any atom is -0.454 e.